The Bertz CT molecular complexity index is 505. The fourth-order valence-electron chi connectivity index (χ4n) is 1.80. The Morgan fingerprint density at radius 1 is 1.35 bits per heavy atom. The van der Waals surface area contributed by atoms with E-state index in [4.69, 9.17) is 10.5 Å². The first-order chi connectivity index (χ1) is 9.53. The molecule has 114 valence electrons. The maximum atomic E-state index is 12.4. The van der Waals surface area contributed by atoms with Crippen molar-refractivity contribution in [2.45, 2.75) is 13.3 Å². The summed E-state index contributed by atoms with van der Waals surface area (Å²) in [4.78, 5) is 0. The van der Waals surface area contributed by atoms with Gasteiger partial charge in [0.2, 0.25) is 0 Å². The first-order valence-corrected chi connectivity index (χ1v) is 7.99. The van der Waals surface area contributed by atoms with Crippen LogP contribution in [0.25, 0.3) is 0 Å². The molecule has 0 atom stereocenters. The Kier molecular flexibility index (Phi) is 6.94. The van der Waals surface area contributed by atoms with Crippen molar-refractivity contribution < 1.29 is 13.2 Å². The van der Waals surface area contributed by atoms with Crippen molar-refractivity contribution in [3.8, 4) is 0 Å². The minimum atomic E-state index is -3.59. The van der Waals surface area contributed by atoms with Crippen molar-refractivity contribution in [3.05, 3.63) is 29.8 Å². The van der Waals surface area contributed by atoms with E-state index in [1.165, 1.54) is 11.4 Å². The van der Waals surface area contributed by atoms with Crippen molar-refractivity contribution >= 4 is 15.9 Å². The SMILES string of the molecule is COCCNS(=O)(=O)N(CCCN)c1ccccc1C. The number of rotatable bonds is 9. The lowest BCUT2D eigenvalue weighted by Crippen LogP contribution is -2.43. The summed E-state index contributed by atoms with van der Waals surface area (Å²) in [7, 11) is -2.07. The average molecular weight is 301 g/mol. The summed E-state index contributed by atoms with van der Waals surface area (Å²) in [5, 5.41) is 0. The van der Waals surface area contributed by atoms with Crippen molar-refractivity contribution in [2.75, 3.05) is 37.7 Å². The number of methoxy groups -OCH3 is 1. The van der Waals surface area contributed by atoms with Gasteiger partial charge >= 0.3 is 10.2 Å². The molecule has 0 aliphatic rings. The second-order valence-electron chi connectivity index (χ2n) is 4.39. The van der Waals surface area contributed by atoms with Gasteiger partial charge in [-0.15, -0.1) is 0 Å². The van der Waals surface area contributed by atoms with Gasteiger partial charge < -0.3 is 10.5 Å². The molecule has 0 heterocycles. The zero-order chi connectivity index (χ0) is 15.0. The molecule has 0 aliphatic heterocycles. The van der Waals surface area contributed by atoms with Crippen LogP contribution in [0.1, 0.15) is 12.0 Å². The average Bonchev–Trinajstić information content (AvgIpc) is 2.41. The number of anilines is 1. The van der Waals surface area contributed by atoms with E-state index >= 15 is 0 Å². The molecule has 0 aliphatic carbocycles. The number of aryl methyl sites for hydroxylation is 1. The van der Waals surface area contributed by atoms with Crippen LogP contribution >= 0.6 is 0 Å². The van der Waals surface area contributed by atoms with Crippen molar-refractivity contribution in [1.29, 1.82) is 0 Å². The van der Waals surface area contributed by atoms with E-state index in [0.29, 0.717) is 31.8 Å². The van der Waals surface area contributed by atoms with Crippen LogP contribution in [0.2, 0.25) is 0 Å². The summed E-state index contributed by atoms with van der Waals surface area (Å²) in [6.45, 7) is 3.25. The maximum Gasteiger partial charge on any atom is 0.301 e. The third-order valence-electron chi connectivity index (χ3n) is 2.83. The second-order valence-corrected chi connectivity index (χ2v) is 6.07. The van der Waals surface area contributed by atoms with Crippen LogP contribution in [0, 0.1) is 6.92 Å². The molecule has 1 aromatic carbocycles. The third-order valence-corrected chi connectivity index (χ3v) is 4.36. The van der Waals surface area contributed by atoms with Gasteiger partial charge in [-0.2, -0.15) is 13.1 Å². The molecule has 1 rings (SSSR count). The Labute approximate surface area is 121 Å². The van der Waals surface area contributed by atoms with Gasteiger partial charge in [-0.1, -0.05) is 18.2 Å². The first-order valence-electron chi connectivity index (χ1n) is 6.55. The lowest BCUT2D eigenvalue weighted by Gasteiger charge is -2.26. The minimum absolute atomic E-state index is 0.240. The van der Waals surface area contributed by atoms with Crippen molar-refractivity contribution in [2.24, 2.45) is 5.73 Å². The molecule has 1 aromatic rings. The quantitative estimate of drug-likeness (QED) is 0.655. The minimum Gasteiger partial charge on any atom is -0.383 e. The van der Waals surface area contributed by atoms with Crippen LogP contribution in [0.4, 0.5) is 5.69 Å². The molecule has 20 heavy (non-hydrogen) atoms. The first kappa shape index (κ1) is 16.9. The molecule has 0 saturated carbocycles. The van der Waals surface area contributed by atoms with Crippen molar-refractivity contribution in [3.63, 3.8) is 0 Å². The van der Waals surface area contributed by atoms with E-state index in [9.17, 15) is 8.42 Å². The zero-order valence-electron chi connectivity index (χ0n) is 12.0. The van der Waals surface area contributed by atoms with Crippen LogP contribution in [0.3, 0.4) is 0 Å². The predicted molar refractivity (Wildman–Crippen MR) is 81.0 cm³/mol. The summed E-state index contributed by atoms with van der Waals surface area (Å²) in [5.74, 6) is 0. The van der Waals surface area contributed by atoms with Gasteiger partial charge in [-0.25, -0.2) is 0 Å². The molecular formula is C13H23N3O3S. The second kappa shape index (κ2) is 8.21. The number of nitrogens with one attached hydrogen (secondary N) is 1. The number of nitrogens with two attached hydrogens (primary N) is 1. The third kappa shape index (κ3) is 4.75. The lowest BCUT2D eigenvalue weighted by molar-refractivity contribution is 0.204. The van der Waals surface area contributed by atoms with Crippen LogP contribution in [0.15, 0.2) is 24.3 Å². The Morgan fingerprint density at radius 3 is 2.65 bits per heavy atom. The highest BCUT2D eigenvalue weighted by Gasteiger charge is 2.22. The molecule has 3 N–H and O–H groups in total. The summed E-state index contributed by atoms with van der Waals surface area (Å²) in [6, 6.07) is 7.38. The largest absolute Gasteiger partial charge is 0.383 e. The van der Waals surface area contributed by atoms with Gasteiger partial charge in [0, 0.05) is 20.2 Å². The summed E-state index contributed by atoms with van der Waals surface area (Å²) in [5.41, 5.74) is 7.07. The van der Waals surface area contributed by atoms with Gasteiger partial charge in [0.25, 0.3) is 0 Å². The molecule has 0 radical (unpaired) electrons. The van der Waals surface area contributed by atoms with Gasteiger partial charge in [0.15, 0.2) is 0 Å². The molecular weight excluding hydrogens is 278 g/mol. The Hall–Kier alpha value is -1.15. The smallest absolute Gasteiger partial charge is 0.301 e. The highest BCUT2D eigenvalue weighted by molar-refractivity contribution is 7.90. The standard InChI is InChI=1S/C13H23N3O3S/c1-12-6-3-4-7-13(12)16(10-5-8-14)20(17,18)15-9-11-19-2/h3-4,6-7,15H,5,8-11,14H2,1-2H3. The fourth-order valence-corrected chi connectivity index (χ4v) is 3.13. The van der Waals surface area contributed by atoms with E-state index in [2.05, 4.69) is 4.72 Å². The molecule has 0 fully saturated rings. The van der Waals surface area contributed by atoms with E-state index in [-0.39, 0.29) is 6.54 Å². The van der Waals surface area contributed by atoms with Gasteiger partial charge in [0.05, 0.1) is 12.3 Å². The van der Waals surface area contributed by atoms with Crippen molar-refractivity contribution in [1.82, 2.24) is 4.72 Å². The fraction of sp³-hybridized carbons (Fsp3) is 0.538. The van der Waals surface area contributed by atoms with E-state index in [1.807, 2.05) is 25.1 Å². The molecule has 6 nitrogen and oxygen atoms in total. The highest BCUT2D eigenvalue weighted by Crippen LogP contribution is 2.21. The summed E-state index contributed by atoms with van der Waals surface area (Å²) >= 11 is 0. The molecule has 0 aromatic heterocycles. The number of ether oxygens (including phenoxy) is 1. The lowest BCUT2D eigenvalue weighted by atomic mass is 10.2. The topological polar surface area (TPSA) is 84.7 Å². The van der Waals surface area contributed by atoms with Crippen LogP contribution in [-0.4, -0.2) is 41.8 Å². The molecule has 0 bridgehead atoms. The summed E-state index contributed by atoms with van der Waals surface area (Å²) in [6.07, 6.45) is 0.597. The van der Waals surface area contributed by atoms with Crippen LogP contribution < -0.4 is 14.8 Å². The highest BCUT2D eigenvalue weighted by atomic mass is 32.2. The molecule has 0 unspecified atom stereocenters. The number of benzene rings is 1. The number of nitrogens with zero attached hydrogens (tertiary/aromatic N) is 1. The van der Waals surface area contributed by atoms with E-state index in [1.54, 1.807) is 6.07 Å². The normalized spacial score (nSPS) is 11.6. The van der Waals surface area contributed by atoms with E-state index in [0.717, 1.165) is 5.56 Å². The van der Waals surface area contributed by atoms with Gasteiger partial charge in [-0.3, -0.25) is 4.31 Å². The van der Waals surface area contributed by atoms with E-state index < -0.39 is 10.2 Å². The van der Waals surface area contributed by atoms with Crippen LogP contribution in [0.5, 0.6) is 0 Å². The zero-order valence-corrected chi connectivity index (χ0v) is 12.8. The molecule has 0 amide bonds. The molecule has 0 saturated heterocycles. The number of para-hydroxylation sites is 1. The summed E-state index contributed by atoms with van der Waals surface area (Å²) < 4.78 is 33.5. The number of hydrogen-bond donors (Lipinski definition) is 2. The maximum absolute atomic E-state index is 12.4. The Morgan fingerprint density at radius 2 is 2.05 bits per heavy atom. The molecule has 0 spiro atoms. The van der Waals surface area contributed by atoms with Gasteiger partial charge in [-0.05, 0) is 31.5 Å². The number of hydrogen-bond acceptors (Lipinski definition) is 4. The predicted octanol–water partition coefficient (Wildman–Crippen LogP) is 0.631. The molecule has 7 heteroatoms. The van der Waals surface area contributed by atoms with Crippen LogP contribution in [-0.2, 0) is 14.9 Å². The van der Waals surface area contributed by atoms with Gasteiger partial charge in [0.1, 0.15) is 0 Å². The monoisotopic (exact) mass is 301 g/mol. The Balaban J connectivity index is 2.97.